The number of nitrogens with one attached hydrogen (secondary N) is 1. The molecular weight excluding hydrogens is 236 g/mol. The van der Waals surface area contributed by atoms with E-state index in [-0.39, 0.29) is 0 Å². The Morgan fingerprint density at radius 2 is 1.95 bits per heavy atom. The summed E-state index contributed by atoms with van der Waals surface area (Å²) in [7, 11) is 0. The Kier molecular flexibility index (Phi) is 3.31. The van der Waals surface area contributed by atoms with Crippen LogP contribution in [0.5, 0.6) is 0 Å². The molecule has 1 aliphatic heterocycles. The number of aryl methyl sites for hydroxylation is 1. The lowest BCUT2D eigenvalue weighted by Crippen LogP contribution is -2.19. The van der Waals surface area contributed by atoms with E-state index in [9.17, 15) is 0 Å². The molecule has 0 spiro atoms. The molecule has 4 nitrogen and oxygen atoms in total. The van der Waals surface area contributed by atoms with Crippen LogP contribution >= 0.6 is 0 Å². The summed E-state index contributed by atoms with van der Waals surface area (Å²) in [4.78, 5) is 11.0. The van der Waals surface area contributed by atoms with Crippen molar-refractivity contribution in [1.29, 1.82) is 0 Å². The van der Waals surface area contributed by atoms with Gasteiger partial charge in [0, 0.05) is 24.8 Å². The third kappa shape index (κ3) is 2.84. The SMILES string of the molecule is Cc1cccc(Nc2cc(N3CCCC3)ncn2)c1. The van der Waals surface area contributed by atoms with Crippen molar-refractivity contribution >= 4 is 17.3 Å². The minimum atomic E-state index is 0.850. The maximum Gasteiger partial charge on any atom is 0.135 e. The van der Waals surface area contributed by atoms with Gasteiger partial charge in [-0.25, -0.2) is 9.97 Å². The maximum atomic E-state index is 4.36. The number of hydrogen-bond acceptors (Lipinski definition) is 4. The van der Waals surface area contributed by atoms with Crippen LogP contribution in [0, 0.1) is 6.92 Å². The molecule has 1 aromatic carbocycles. The summed E-state index contributed by atoms with van der Waals surface area (Å²) in [5.74, 6) is 1.87. The van der Waals surface area contributed by atoms with Gasteiger partial charge in [0.25, 0.3) is 0 Å². The molecule has 19 heavy (non-hydrogen) atoms. The van der Waals surface area contributed by atoms with Gasteiger partial charge in [-0.1, -0.05) is 12.1 Å². The zero-order valence-corrected chi connectivity index (χ0v) is 11.1. The molecule has 0 unspecified atom stereocenters. The number of aromatic nitrogens is 2. The van der Waals surface area contributed by atoms with Crippen LogP contribution in [0.25, 0.3) is 0 Å². The molecule has 4 heteroatoms. The summed E-state index contributed by atoms with van der Waals surface area (Å²) in [6.45, 7) is 4.28. The maximum absolute atomic E-state index is 4.36. The first kappa shape index (κ1) is 12.0. The number of benzene rings is 1. The molecule has 98 valence electrons. The molecule has 0 saturated carbocycles. The van der Waals surface area contributed by atoms with Crippen molar-refractivity contribution in [2.75, 3.05) is 23.3 Å². The van der Waals surface area contributed by atoms with Crippen molar-refractivity contribution < 1.29 is 0 Å². The van der Waals surface area contributed by atoms with E-state index in [4.69, 9.17) is 0 Å². The third-order valence-corrected chi connectivity index (χ3v) is 3.37. The number of nitrogens with zero attached hydrogens (tertiary/aromatic N) is 3. The summed E-state index contributed by atoms with van der Waals surface area (Å²) in [5, 5.41) is 3.33. The predicted molar refractivity (Wildman–Crippen MR) is 77.9 cm³/mol. The van der Waals surface area contributed by atoms with E-state index in [1.54, 1.807) is 6.33 Å². The van der Waals surface area contributed by atoms with E-state index in [1.807, 2.05) is 18.2 Å². The van der Waals surface area contributed by atoms with Crippen LogP contribution in [0.2, 0.25) is 0 Å². The van der Waals surface area contributed by atoms with Crippen molar-refractivity contribution in [2.45, 2.75) is 19.8 Å². The molecule has 0 radical (unpaired) electrons. The van der Waals surface area contributed by atoms with E-state index < -0.39 is 0 Å². The van der Waals surface area contributed by atoms with Crippen molar-refractivity contribution in [3.05, 3.63) is 42.2 Å². The molecule has 0 bridgehead atoms. The first-order valence-electron chi connectivity index (χ1n) is 6.72. The lowest BCUT2D eigenvalue weighted by Gasteiger charge is -2.16. The van der Waals surface area contributed by atoms with Crippen molar-refractivity contribution in [3.8, 4) is 0 Å². The van der Waals surface area contributed by atoms with E-state index in [0.717, 1.165) is 30.4 Å². The van der Waals surface area contributed by atoms with Crippen LogP contribution in [0.1, 0.15) is 18.4 Å². The normalized spacial score (nSPS) is 14.7. The summed E-state index contributed by atoms with van der Waals surface area (Å²) >= 11 is 0. The number of anilines is 3. The van der Waals surface area contributed by atoms with Gasteiger partial charge >= 0.3 is 0 Å². The molecule has 1 fully saturated rings. The first-order chi connectivity index (χ1) is 9.31. The molecule has 0 atom stereocenters. The van der Waals surface area contributed by atoms with Gasteiger partial charge in [0.15, 0.2) is 0 Å². The van der Waals surface area contributed by atoms with E-state index >= 15 is 0 Å². The van der Waals surface area contributed by atoms with E-state index in [0.29, 0.717) is 0 Å². The number of hydrogen-bond donors (Lipinski definition) is 1. The highest BCUT2D eigenvalue weighted by Gasteiger charge is 2.13. The van der Waals surface area contributed by atoms with Gasteiger partial charge in [0.2, 0.25) is 0 Å². The van der Waals surface area contributed by atoms with Gasteiger partial charge in [0.05, 0.1) is 0 Å². The van der Waals surface area contributed by atoms with Crippen molar-refractivity contribution in [2.24, 2.45) is 0 Å². The van der Waals surface area contributed by atoms with Gasteiger partial charge in [0.1, 0.15) is 18.0 Å². The van der Waals surface area contributed by atoms with E-state index in [2.05, 4.69) is 39.2 Å². The smallest absolute Gasteiger partial charge is 0.135 e. The molecular formula is C15H18N4. The van der Waals surface area contributed by atoms with Gasteiger partial charge in [-0.05, 0) is 37.5 Å². The predicted octanol–water partition coefficient (Wildman–Crippen LogP) is 3.13. The largest absolute Gasteiger partial charge is 0.356 e. The van der Waals surface area contributed by atoms with Crippen LogP contribution in [0.3, 0.4) is 0 Å². The molecule has 2 heterocycles. The van der Waals surface area contributed by atoms with Gasteiger partial charge < -0.3 is 10.2 Å². The standard InChI is InChI=1S/C15H18N4/c1-12-5-4-6-13(9-12)18-14-10-15(17-11-16-14)19-7-2-3-8-19/h4-6,9-11H,2-3,7-8H2,1H3,(H,16,17,18). The molecule has 1 aromatic heterocycles. The van der Waals surface area contributed by atoms with Gasteiger partial charge in [-0.3, -0.25) is 0 Å². The Morgan fingerprint density at radius 1 is 1.11 bits per heavy atom. The van der Waals surface area contributed by atoms with Crippen LogP contribution in [-0.4, -0.2) is 23.1 Å². The highest BCUT2D eigenvalue weighted by Crippen LogP contribution is 2.21. The Morgan fingerprint density at radius 3 is 2.74 bits per heavy atom. The second kappa shape index (κ2) is 5.26. The zero-order valence-electron chi connectivity index (χ0n) is 11.1. The Bertz CT molecular complexity index is 562. The van der Waals surface area contributed by atoms with Crippen molar-refractivity contribution in [3.63, 3.8) is 0 Å². The van der Waals surface area contributed by atoms with Crippen LogP contribution < -0.4 is 10.2 Å². The lowest BCUT2D eigenvalue weighted by atomic mass is 10.2. The zero-order chi connectivity index (χ0) is 13.1. The Balaban J connectivity index is 1.79. The average Bonchev–Trinajstić information content (AvgIpc) is 2.93. The molecule has 3 rings (SSSR count). The second-order valence-corrected chi connectivity index (χ2v) is 4.95. The van der Waals surface area contributed by atoms with Crippen molar-refractivity contribution in [1.82, 2.24) is 9.97 Å². The highest BCUT2D eigenvalue weighted by atomic mass is 15.2. The second-order valence-electron chi connectivity index (χ2n) is 4.95. The molecule has 1 N–H and O–H groups in total. The summed E-state index contributed by atoms with van der Waals surface area (Å²) in [6.07, 6.45) is 4.14. The fourth-order valence-corrected chi connectivity index (χ4v) is 2.41. The molecule has 1 aliphatic rings. The topological polar surface area (TPSA) is 41.0 Å². The quantitative estimate of drug-likeness (QED) is 0.913. The summed E-state index contributed by atoms with van der Waals surface area (Å²) in [5.41, 5.74) is 2.30. The molecule has 2 aromatic rings. The summed E-state index contributed by atoms with van der Waals surface area (Å²) in [6, 6.07) is 10.3. The average molecular weight is 254 g/mol. The lowest BCUT2D eigenvalue weighted by molar-refractivity contribution is 0.928. The minimum Gasteiger partial charge on any atom is -0.356 e. The fraction of sp³-hybridized carbons (Fsp3) is 0.333. The Hall–Kier alpha value is -2.10. The molecule has 1 saturated heterocycles. The monoisotopic (exact) mass is 254 g/mol. The minimum absolute atomic E-state index is 0.850. The fourth-order valence-electron chi connectivity index (χ4n) is 2.41. The van der Waals surface area contributed by atoms with Crippen LogP contribution in [0.15, 0.2) is 36.7 Å². The molecule has 0 amide bonds. The number of rotatable bonds is 3. The first-order valence-corrected chi connectivity index (χ1v) is 6.72. The third-order valence-electron chi connectivity index (χ3n) is 3.37. The molecule has 0 aliphatic carbocycles. The highest BCUT2D eigenvalue weighted by molar-refractivity contribution is 5.60. The van der Waals surface area contributed by atoms with E-state index in [1.165, 1.54) is 18.4 Å². The van der Waals surface area contributed by atoms with Gasteiger partial charge in [-0.2, -0.15) is 0 Å². The Labute approximate surface area is 113 Å². The van der Waals surface area contributed by atoms with Crippen LogP contribution in [-0.2, 0) is 0 Å². The van der Waals surface area contributed by atoms with Gasteiger partial charge in [-0.15, -0.1) is 0 Å². The van der Waals surface area contributed by atoms with Crippen LogP contribution in [0.4, 0.5) is 17.3 Å². The summed E-state index contributed by atoms with van der Waals surface area (Å²) < 4.78 is 0.